The minimum atomic E-state index is -0.608. The molecule has 19 heavy (non-hydrogen) atoms. The first-order valence-corrected chi connectivity index (χ1v) is 6.27. The van der Waals surface area contributed by atoms with E-state index in [2.05, 4.69) is 0 Å². The highest BCUT2D eigenvalue weighted by molar-refractivity contribution is 5.87. The molecule has 1 aliphatic heterocycles. The van der Waals surface area contributed by atoms with E-state index in [1.165, 1.54) is 12.1 Å². The Labute approximate surface area is 112 Å². The highest BCUT2D eigenvalue weighted by atomic mass is 19.1. The zero-order valence-corrected chi connectivity index (χ0v) is 11.4. The second-order valence-electron chi connectivity index (χ2n) is 5.51. The van der Waals surface area contributed by atoms with Crippen LogP contribution in [0.3, 0.4) is 0 Å². The Balaban J connectivity index is 2.37. The van der Waals surface area contributed by atoms with Crippen molar-refractivity contribution in [1.29, 1.82) is 0 Å². The molecule has 5 heteroatoms. The predicted octanol–water partition coefficient (Wildman–Crippen LogP) is 1.24. The number of amides is 1. The van der Waals surface area contributed by atoms with Crippen LogP contribution in [0.25, 0.3) is 0 Å². The third-order valence-electron chi connectivity index (χ3n) is 3.79. The van der Waals surface area contributed by atoms with E-state index in [0.29, 0.717) is 6.54 Å². The van der Waals surface area contributed by atoms with Crippen molar-refractivity contribution in [3.05, 3.63) is 30.1 Å². The van der Waals surface area contributed by atoms with Gasteiger partial charge in [0.1, 0.15) is 11.9 Å². The summed E-state index contributed by atoms with van der Waals surface area (Å²) in [5, 5.41) is 9.47. The molecule has 0 bridgehead atoms. The smallest absolute Gasteiger partial charge is 0.247 e. The fraction of sp³-hybridized carbons (Fsp3) is 0.500. The number of halogens is 1. The van der Waals surface area contributed by atoms with E-state index in [1.807, 2.05) is 18.7 Å². The maximum atomic E-state index is 13.0. The number of aliphatic hydroxyl groups is 1. The Morgan fingerprint density at radius 2 is 1.95 bits per heavy atom. The molecule has 0 radical (unpaired) electrons. The lowest BCUT2D eigenvalue weighted by molar-refractivity contribution is -0.139. The normalized spacial score (nSPS) is 22.8. The molecule has 0 aromatic heterocycles. The average molecular weight is 266 g/mol. The molecule has 1 aliphatic rings. The number of piperazine rings is 1. The van der Waals surface area contributed by atoms with Crippen LogP contribution in [-0.4, -0.2) is 47.7 Å². The molecule has 1 amide bonds. The number of likely N-dealkylation sites (N-methyl/N-ethyl adjacent to an activating group) is 1. The number of rotatable bonds is 2. The Bertz CT molecular complexity index is 473. The van der Waals surface area contributed by atoms with Gasteiger partial charge in [-0.2, -0.15) is 0 Å². The van der Waals surface area contributed by atoms with Crippen LogP contribution >= 0.6 is 0 Å². The van der Waals surface area contributed by atoms with Crippen LogP contribution in [0.5, 0.6) is 0 Å². The van der Waals surface area contributed by atoms with Gasteiger partial charge in [-0.3, -0.25) is 4.79 Å². The van der Waals surface area contributed by atoms with Crippen LogP contribution < -0.4 is 4.90 Å². The number of aliphatic hydroxyl groups excluding tert-OH is 1. The zero-order chi connectivity index (χ0) is 14.2. The molecule has 1 saturated heterocycles. The largest absolute Gasteiger partial charge is 0.394 e. The van der Waals surface area contributed by atoms with Crippen LogP contribution in [0.4, 0.5) is 10.1 Å². The Morgan fingerprint density at radius 1 is 1.37 bits per heavy atom. The Morgan fingerprint density at radius 3 is 2.47 bits per heavy atom. The van der Waals surface area contributed by atoms with Crippen molar-refractivity contribution >= 4 is 11.6 Å². The topological polar surface area (TPSA) is 43.8 Å². The molecule has 0 aliphatic carbocycles. The number of nitrogens with zero attached hydrogens (tertiary/aromatic N) is 2. The van der Waals surface area contributed by atoms with Crippen molar-refractivity contribution in [3.63, 3.8) is 0 Å². The molecule has 1 aromatic carbocycles. The molecule has 0 spiro atoms. The third kappa shape index (κ3) is 2.42. The standard InChI is InChI=1S/C14H19FN2O2/c1-14(2)9-17(11-6-4-10(15)5-7-11)12(8-18)13(19)16(14)3/h4-7,12,18H,8-9H2,1-3H3. The summed E-state index contributed by atoms with van der Waals surface area (Å²) in [6.45, 7) is 4.27. The van der Waals surface area contributed by atoms with Gasteiger partial charge in [-0.05, 0) is 38.1 Å². The van der Waals surface area contributed by atoms with Gasteiger partial charge in [-0.15, -0.1) is 0 Å². The molecule has 2 rings (SSSR count). The third-order valence-corrected chi connectivity index (χ3v) is 3.79. The summed E-state index contributed by atoms with van der Waals surface area (Å²) in [5.74, 6) is -0.438. The second kappa shape index (κ2) is 4.81. The van der Waals surface area contributed by atoms with Gasteiger partial charge in [-0.1, -0.05) is 0 Å². The van der Waals surface area contributed by atoms with Crippen molar-refractivity contribution in [2.24, 2.45) is 0 Å². The number of carbonyl (C=O) groups excluding carboxylic acids is 1. The summed E-state index contributed by atoms with van der Waals surface area (Å²) in [4.78, 5) is 15.8. The molecule has 1 fully saturated rings. The number of anilines is 1. The summed E-state index contributed by atoms with van der Waals surface area (Å²) in [6, 6.07) is 5.38. The van der Waals surface area contributed by atoms with Gasteiger partial charge in [0.25, 0.3) is 0 Å². The fourth-order valence-corrected chi connectivity index (χ4v) is 2.37. The van der Waals surface area contributed by atoms with Gasteiger partial charge < -0.3 is 14.9 Å². The minimum Gasteiger partial charge on any atom is -0.394 e. The van der Waals surface area contributed by atoms with E-state index < -0.39 is 6.04 Å². The average Bonchev–Trinajstić information content (AvgIpc) is 2.37. The van der Waals surface area contributed by atoms with Crippen molar-refractivity contribution < 1.29 is 14.3 Å². The molecular weight excluding hydrogens is 247 g/mol. The first kappa shape index (κ1) is 13.8. The Kier molecular flexibility index (Phi) is 3.49. The highest BCUT2D eigenvalue weighted by Gasteiger charge is 2.42. The first-order valence-electron chi connectivity index (χ1n) is 6.27. The predicted molar refractivity (Wildman–Crippen MR) is 71.5 cm³/mol. The van der Waals surface area contributed by atoms with E-state index in [1.54, 1.807) is 24.1 Å². The van der Waals surface area contributed by atoms with Gasteiger partial charge >= 0.3 is 0 Å². The molecule has 0 saturated carbocycles. The van der Waals surface area contributed by atoms with Crippen LogP contribution in [0.15, 0.2) is 24.3 Å². The quantitative estimate of drug-likeness (QED) is 0.876. The van der Waals surface area contributed by atoms with E-state index in [9.17, 15) is 14.3 Å². The van der Waals surface area contributed by atoms with Gasteiger partial charge in [0.05, 0.1) is 12.1 Å². The van der Waals surface area contributed by atoms with Crippen molar-refractivity contribution in [3.8, 4) is 0 Å². The van der Waals surface area contributed by atoms with E-state index in [-0.39, 0.29) is 23.9 Å². The van der Waals surface area contributed by atoms with Gasteiger partial charge in [0, 0.05) is 19.3 Å². The van der Waals surface area contributed by atoms with Crippen LogP contribution in [0.1, 0.15) is 13.8 Å². The van der Waals surface area contributed by atoms with E-state index >= 15 is 0 Å². The number of benzene rings is 1. The Hall–Kier alpha value is -1.62. The molecule has 1 N–H and O–H groups in total. The highest BCUT2D eigenvalue weighted by Crippen LogP contribution is 2.28. The summed E-state index contributed by atoms with van der Waals surface area (Å²) in [6.07, 6.45) is 0. The van der Waals surface area contributed by atoms with Crippen molar-refractivity contribution in [1.82, 2.24) is 4.90 Å². The molecule has 1 heterocycles. The molecular formula is C14H19FN2O2. The molecule has 1 unspecified atom stereocenters. The van der Waals surface area contributed by atoms with Gasteiger partial charge in [0.15, 0.2) is 0 Å². The van der Waals surface area contributed by atoms with E-state index in [0.717, 1.165) is 5.69 Å². The molecule has 4 nitrogen and oxygen atoms in total. The first-order chi connectivity index (χ1) is 8.86. The monoisotopic (exact) mass is 266 g/mol. The van der Waals surface area contributed by atoms with Crippen molar-refractivity contribution in [2.75, 3.05) is 25.1 Å². The lowest BCUT2D eigenvalue weighted by Gasteiger charge is -2.49. The van der Waals surface area contributed by atoms with Crippen LogP contribution in [0.2, 0.25) is 0 Å². The summed E-state index contributed by atoms with van der Waals surface area (Å²) in [7, 11) is 1.74. The zero-order valence-electron chi connectivity index (χ0n) is 11.4. The molecule has 1 atom stereocenters. The molecule has 1 aromatic rings. The number of hydrogen-bond donors (Lipinski definition) is 1. The van der Waals surface area contributed by atoms with Crippen LogP contribution in [-0.2, 0) is 4.79 Å². The summed E-state index contributed by atoms with van der Waals surface area (Å²) >= 11 is 0. The van der Waals surface area contributed by atoms with Gasteiger partial charge in [0.2, 0.25) is 5.91 Å². The lowest BCUT2D eigenvalue weighted by atomic mass is 9.95. The number of hydrogen-bond acceptors (Lipinski definition) is 3. The maximum absolute atomic E-state index is 13.0. The number of carbonyl (C=O) groups is 1. The SMILES string of the molecule is CN1C(=O)C(CO)N(c2ccc(F)cc2)CC1(C)C. The van der Waals surface area contributed by atoms with Gasteiger partial charge in [-0.25, -0.2) is 4.39 Å². The summed E-state index contributed by atoms with van der Waals surface area (Å²) in [5.41, 5.74) is 0.409. The lowest BCUT2D eigenvalue weighted by Crippen LogP contribution is -2.66. The summed E-state index contributed by atoms with van der Waals surface area (Å²) < 4.78 is 13.0. The van der Waals surface area contributed by atoms with Crippen LogP contribution in [0, 0.1) is 5.82 Å². The minimum absolute atomic E-state index is 0.122. The van der Waals surface area contributed by atoms with Crippen molar-refractivity contribution in [2.45, 2.75) is 25.4 Å². The maximum Gasteiger partial charge on any atom is 0.247 e. The van der Waals surface area contributed by atoms with E-state index in [4.69, 9.17) is 0 Å². The second-order valence-corrected chi connectivity index (χ2v) is 5.51. The fourth-order valence-electron chi connectivity index (χ4n) is 2.37. The molecule has 104 valence electrons.